The molecule has 1 aromatic carbocycles. The molecule has 32 heavy (non-hydrogen) atoms. The molecule has 0 bridgehead atoms. The molecule has 1 aliphatic rings. The summed E-state index contributed by atoms with van der Waals surface area (Å²) in [5.41, 5.74) is -1.29. The van der Waals surface area contributed by atoms with Crippen LogP contribution < -0.4 is 10.9 Å². The van der Waals surface area contributed by atoms with Gasteiger partial charge in [0.25, 0.3) is 5.56 Å². The molecule has 2 N–H and O–H groups in total. The zero-order valence-corrected chi connectivity index (χ0v) is 17.9. The number of benzene rings is 1. The molecule has 8 nitrogen and oxygen atoms in total. The van der Waals surface area contributed by atoms with Crippen LogP contribution in [0.15, 0.2) is 23.0 Å². The Bertz CT molecular complexity index is 1100. The number of likely N-dealkylation sites (tertiary alicyclic amines) is 1. The Balaban J connectivity index is 1.89. The number of hydrogen-bond donors (Lipinski definition) is 2. The Morgan fingerprint density at radius 1 is 1.25 bits per heavy atom. The van der Waals surface area contributed by atoms with Gasteiger partial charge in [-0.3, -0.25) is 14.4 Å². The van der Waals surface area contributed by atoms with E-state index in [2.05, 4.69) is 10.4 Å². The number of aliphatic hydroxyl groups excluding tert-OH is 1. The van der Waals surface area contributed by atoms with Gasteiger partial charge in [0.1, 0.15) is 6.54 Å². The van der Waals surface area contributed by atoms with Crippen molar-refractivity contribution in [3.8, 4) is 0 Å². The number of carbonyl (C=O) groups is 2. The first kappa shape index (κ1) is 23.7. The Labute approximate surface area is 182 Å². The van der Waals surface area contributed by atoms with Crippen LogP contribution in [0.25, 0.3) is 10.8 Å². The fourth-order valence-corrected chi connectivity index (χ4v) is 3.86. The van der Waals surface area contributed by atoms with Gasteiger partial charge in [0.15, 0.2) is 0 Å². The third kappa shape index (κ3) is 5.09. The standard InChI is InChI=1S/C21H25F3N4O4/c1-11(2)19-17-6-13(21(22,23)24)4-5-16(17)20(32)28(26-19)10-18(31)25-14-7-15(30)9-27(8-14)12(3)29/h4-6,11,14-15,30H,7-10H2,1-3H3,(H,25,31)/t14-,15-/m0/s1. The maximum atomic E-state index is 13.1. The van der Waals surface area contributed by atoms with Crippen molar-refractivity contribution in [3.63, 3.8) is 0 Å². The van der Waals surface area contributed by atoms with Gasteiger partial charge in [0.2, 0.25) is 11.8 Å². The summed E-state index contributed by atoms with van der Waals surface area (Å²) < 4.78 is 40.3. The highest BCUT2D eigenvalue weighted by Gasteiger charge is 2.32. The molecule has 0 unspecified atom stereocenters. The molecule has 2 amide bonds. The quantitative estimate of drug-likeness (QED) is 0.731. The van der Waals surface area contributed by atoms with E-state index in [0.717, 1.165) is 22.9 Å². The first-order valence-electron chi connectivity index (χ1n) is 10.2. The monoisotopic (exact) mass is 454 g/mol. The van der Waals surface area contributed by atoms with E-state index in [0.29, 0.717) is 0 Å². The van der Waals surface area contributed by atoms with Crippen LogP contribution >= 0.6 is 0 Å². The Morgan fingerprint density at radius 2 is 1.94 bits per heavy atom. The van der Waals surface area contributed by atoms with Gasteiger partial charge in [0, 0.05) is 31.4 Å². The molecule has 0 spiro atoms. The third-order valence-corrected chi connectivity index (χ3v) is 5.40. The van der Waals surface area contributed by atoms with Crippen LogP contribution in [0.1, 0.15) is 44.4 Å². The smallest absolute Gasteiger partial charge is 0.391 e. The van der Waals surface area contributed by atoms with Crippen LogP contribution in [0.4, 0.5) is 13.2 Å². The molecule has 2 atom stereocenters. The Morgan fingerprint density at radius 3 is 2.53 bits per heavy atom. The highest BCUT2D eigenvalue weighted by Crippen LogP contribution is 2.32. The Hall–Kier alpha value is -2.95. The number of piperidine rings is 1. The first-order chi connectivity index (χ1) is 14.9. The van der Waals surface area contributed by atoms with Crippen molar-refractivity contribution >= 4 is 22.6 Å². The molecule has 1 saturated heterocycles. The second-order valence-corrected chi connectivity index (χ2v) is 8.34. The van der Waals surface area contributed by atoms with Crippen LogP contribution in [0, 0.1) is 0 Å². The average molecular weight is 454 g/mol. The number of amides is 2. The normalized spacial score (nSPS) is 19.4. The van der Waals surface area contributed by atoms with E-state index in [1.807, 2.05) is 0 Å². The molecule has 2 heterocycles. The van der Waals surface area contributed by atoms with Crippen molar-refractivity contribution in [2.24, 2.45) is 0 Å². The lowest BCUT2D eigenvalue weighted by Gasteiger charge is -2.35. The number of nitrogens with one attached hydrogen (secondary N) is 1. The Kier molecular flexibility index (Phi) is 6.59. The topological polar surface area (TPSA) is 105 Å². The largest absolute Gasteiger partial charge is 0.416 e. The van der Waals surface area contributed by atoms with Crippen LogP contribution in [-0.4, -0.2) is 56.8 Å². The molecule has 0 saturated carbocycles. The second kappa shape index (κ2) is 8.89. The molecule has 1 fully saturated rings. The summed E-state index contributed by atoms with van der Waals surface area (Å²) in [6, 6.07) is 2.34. The maximum Gasteiger partial charge on any atom is 0.416 e. The minimum atomic E-state index is -4.56. The number of carbonyl (C=O) groups excluding carboxylic acids is 2. The average Bonchev–Trinajstić information content (AvgIpc) is 2.68. The summed E-state index contributed by atoms with van der Waals surface area (Å²) in [6.45, 7) is 4.81. The van der Waals surface area contributed by atoms with Crippen LogP contribution in [-0.2, 0) is 22.3 Å². The van der Waals surface area contributed by atoms with Gasteiger partial charge in [-0.25, -0.2) is 4.68 Å². The molecule has 0 radical (unpaired) electrons. The van der Waals surface area contributed by atoms with Crippen molar-refractivity contribution < 1.29 is 27.9 Å². The van der Waals surface area contributed by atoms with E-state index in [9.17, 15) is 32.7 Å². The lowest BCUT2D eigenvalue weighted by Crippen LogP contribution is -2.54. The molecule has 1 aromatic heterocycles. The predicted molar refractivity (Wildman–Crippen MR) is 110 cm³/mol. The van der Waals surface area contributed by atoms with Crippen molar-refractivity contribution in [2.75, 3.05) is 13.1 Å². The summed E-state index contributed by atoms with van der Waals surface area (Å²) in [4.78, 5) is 38.4. The van der Waals surface area contributed by atoms with Crippen molar-refractivity contribution in [3.05, 3.63) is 39.8 Å². The number of aliphatic hydroxyl groups is 1. The molecular formula is C21H25F3N4O4. The molecule has 2 aromatic rings. The number of halogens is 3. The fraction of sp³-hybridized carbons (Fsp3) is 0.524. The summed E-state index contributed by atoms with van der Waals surface area (Å²) in [7, 11) is 0. The van der Waals surface area contributed by atoms with Crippen LogP contribution in [0.3, 0.4) is 0 Å². The lowest BCUT2D eigenvalue weighted by atomic mass is 10.0. The number of alkyl halides is 3. The van der Waals surface area contributed by atoms with Gasteiger partial charge in [-0.2, -0.15) is 18.3 Å². The lowest BCUT2D eigenvalue weighted by molar-refractivity contribution is -0.137. The number of nitrogens with zero attached hydrogens (tertiary/aromatic N) is 3. The number of fused-ring (bicyclic) bond motifs is 1. The third-order valence-electron chi connectivity index (χ3n) is 5.40. The highest BCUT2D eigenvalue weighted by atomic mass is 19.4. The van der Waals surface area contributed by atoms with Gasteiger partial charge in [-0.05, 0) is 30.5 Å². The van der Waals surface area contributed by atoms with Crippen molar-refractivity contribution in [1.82, 2.24) is 20.0 Å². The zero-order valence-electron chi connectivity index (χ0n) is 17.9. The summed E-state index contributed by atoms with van der Waals surface area (Å²) in [6.07, 6.45) is -5.09. The molecule has 174 valence electrons. The first-order valence-corrected chi connectivity index (χ1v) is 10.2. The maximum absolute atomic E-state index is 13.1. The van der Waals surface area contributed by atoms with E-state index < -0.39 is 41.9 Å². The molecule has 0 aliphatic carbocycles. The van der Waals surface area contributed by atoms with Crippen LogP contribution in [0.2, 0.25) is 0 Å². The zero-order chi connectivity index (χ0) is 23.8. The van der Waals surface area contributed by atoms with Gasteiger partial charge in [-0.15, -0.1) is 0 Å². The van der Waals surface area contributed by atoms with Gasteiger partial charge >= 0.3 is 6.18 Å². The number of aromatic nitrogens is 2. The van der Waals surface area contributed by atoms with E-state index in [1.54, 1.807) is 13.8 Å². The van der Waals surface area contributed by atoms with Gasteiger partial charge in [-0.1, -0.05) is 13.8 Å². The molecule has 1 aliphatic heterocycles. The predicted octanol–water partition coefficient (Wildman–Crippen LogP) is 1.64. The van der Waals surface area contributed by atoms with E-state index in [-0.39, 0.29) is 47.8 Å². The summed E-state index contributed by atoms with van der Waals surface area (Å²) in [5, 5.41) is 17.0. The van der Waals surface area contributed by atoms with E-state index >= 15 is 0 Å². The number of rotatable bonds is 4. The number of β-amino-alcohol motifs (C(OH)–C–C–N with tert-alkyl or cyclic N) is 1. The van der Waals surface area contributed by atoms with Crippen LogP contribution in [0.5, 0.6) is 0 Å². The number of hydrogen-bond acceptors (Lipinski definition) is 5. The molecular weight excluding hydrogens is 429 g/mol. The minimum absolute atomic E-state index is 0.0420. The SMILES string of the molecule is CC(=O)N1C[C@@H](O)C[C@H](NC(=O)Cn2nc(C(C)C)c3cc(C(F)(F)F)ccc3c2=O)C1. The molecule has 11 heteroatoms. The van der Waals surface area contributed by atoms with Gasteiger partial charge < -0.3 is 15.3 Å². The van der Waals surface area contributed by atoms with E-state index in [1.165, 1.54) is 11.8 Å². The van der Waals surface area contributed by atoms with Gasteiger partial charge in [0.05, 0.1) is 22.7 Å². The highest BCUT2D eigenvalue weighted by molar-refractivity contribution is 5.85. The summed E-state index contributed by atoms with van der Waals surface area (Å²) in [5.74, 6) is -1.08. The fourth-order valence-electron chi connectivity index (χ4n) is 3.86. The second-order valence-electron chi connectivity index (χ2n) is 8.34. The molecule has 3 rings (SSSR count). The van der Waals surface area contributed by atoms with Crippen molar-refractivity contribution in [2.45, 2.75) is 58.0 Å². The van der Waals surface area contributed by atoms with E-state index in [4.69, 9.17) is 0 Å². The summed E-state index contributed by atoms with van der Waals surface area (Å²) >= 11 is 0. The van der Waals surface area contributed by atoms with Crippen molar-refractivity contribution in [1.29, 1.82) is 0 Å². The minimum Gasteiger partial charge on any atom is -0.391 e.